The van der Waals surface area contributed by atoms with Crippen LogP contribution in [0.5, 0.6) is 5.75 Å². The third kappa shape index (κ3) is 4.48. The molecule has 0 aliphatic carbocycles. The third-order valence-corrected chi connectivity index (χ3v) is 3.58. The van der Waals surface area contributed by atoms with E-state index in [0.717, 1.165) is 5.56 Å². The summed E-state index contributed by atoms with van der Waals surface area (Å²) in [7, 11) is 1.71. The van der Waals surface area contributed by atoms with Crippen molar-refractivity contribution in [3.63, 3.8) is 0 Å². The number of hydrogen-bond donors (Lipinski definition) is 0. The summed E-state index contributed by atoms with van der Waals surface area (Å²) in [6, 6.07) is 16.3. The molecule has 0 bridgehead atoms. The predicted molar refractivity (Wildman–Crippen MR) is 89.2 cm³/mol. The van der Waals surface area contributed by atoms with Crippen LogP contribution in [0.15, 0.2) is 48.5 Å². The molecule has 0 N–H and O–H groups in total. The molecule has 2 aromatic rings. The highest BCUT2D eigenvalue weighted by Crippen LogP contribution is 2.19. The maximum absolute atomic E-state index is 12.4. The molecule has 0 spiro atoms. The van der Waals surface area contributed by atoms with Gasteiger partial charge in [-0.15, -0.1) is 0 Å². The van der Waals surface area contributed by atoms with Crippen LogP contribution in [0.4, 0.5) is 0 Å². The summed E-state index contributed by atoms with van der Waals surface area (Å²) < 4.78 is 5.64. The molecule has 0 saturated heterocycles. The maximum Gasteiger partial charge on any atom is 0.263 e. The first-order valence-corrected chi connectivity index (χ1v) is 7.54. The first-order chi connectivity index (χ1) is 11.0. The van der Waals surface area contributed by atoms with Crippen LogP contribution < -0.4 is 4.74 Å². The number of benzene rings is 2. The highest BCUT2D eigenvalue weighted by Gasteiger charge is 2.20. The normalized spacial score (nSPS) is 11.4. The Hall–Kier alpha value is -2.51. The molecule has 0 aromatic heterocycles. The monoisotopic (exact) mass is 328 g/mol. The number of ether oxygens (including phenoxy) is 1. The lowest BCUT2D eigenvalue weighted by atomic mass is 10.2. The van der Waals surface area contributed by atoms with Crippen LogP contribution in [0.3, 0.4) is 0 Å². The number of amides is 1. The lowest BCUT2D eigenvalue weighted by molar-refractivity contribution is -0.137. The lowest BCUT2D eigenvalue weighted by Gasteiger charge is -2.22. The van der Waals surface area contributed by atoms with E-state index >= 15 is 0 Å². The second-order valence-corrected chi connectivity index (χ2v) is 5.63. The van der Waals surface area contributed by atoms with Gasteiger partial charge < -0.3 is 9.64 Å². The van der Waals surface area contributed by atoms with Gasteiger partial charge in [-0.3, -0.25) is 4.79 Å². The molecule has 0 saturated carbocycles. The van der Waals surface area contributed by atoms with Gasteiger partial charge in [0.05, 0.1) is 5.56 Å². The van der Waals surface area contributed by atoms with Gasteiger partial charge in [0.2, 0.25) is 0 Å². The van der Waals surface area contributed by atoms with Gasteiger partial charge in [0.25, 0.3) is 5.91 Å². The molecule has 0 aliphatic heterocycles. The Labute approximate surface area is 140 Å². The van der Waals surface area contributed by atoms with Crippen LogP contribution in [0.2, 0.25) is 5.02 Å². The zero-order valence-corrected chi connectivity index (χ0v) is 13.7. The minimum absolute atomic E-state index is 0.169. The van der Waals surface area contributed by atoms with Crippen molar-refractivity contribution in [2.45, 2.75) is 19.6 Å². The number of rotatable bonds is 5. The molecule has 5 heteroatoms. The molecule has 0 fully saturated rings. The Bertz CT molecular complexity index is 740. The Kier molecular flexibility index (Phi) is 5.61. The van der Waals surface area contributed by atoms with Crippen LogP contribution >= 0.6 is 11.6 Å². The number of halogens is 1. The average Bonchev–Trinajstić information content (AvgIpc) is 2.54. The molecule has 23 heavy (non-hydrogen) atoms. The van der Waals surface area contributed by atoms with Crippen molar-refractivity contribution in [1.82, 2.24) is 4.90 Å². The quantitative estimate of drug-likeness (QED) is 0.842. The Morgan fingerprint density at radius 3 is 2.74 bits per heavy atom. The molecule has 4 nitrogen and oxygen atoms in total. The minimum atomic E-state index is -0.686. The standard InChI is InChI=1S/C18H17ClN2O2/c1-13(23-17-9-4-3-7-15(17)11-20)18(22)21(2)12-14-6-5-8-16(19)10-14/h3-10,13H,12H2,1-2H3. The first-order valence-electron chi connectivity index (χ1n) is 7.16. The van der Waals surface area contributed by atoms with Crippen molar-refractivity contribution in [2.75, 3.05) is 7.05 Å². The topological polar surface area (TPSA) is 53.3 Å². The minimum Gasteiger partial charge on any atom is -0.480 e. The van der Waals surface area contributed by atoms with E-state index in [1.807, 2.05) is 18.2 Å². The summed E-state index contributed by atoms with van der Waals surface area (Å²) in [6.45, 7) is 2.11. The molecule has 1 unspecified atom stereocenters. The summed E-state index contributed by atoms with van der Waals surface area (Å²) in [5.74, 6) is 0.240. The molecular formula is C18H17ClN2O2. The predicted octanol–water partition coefficient (Wildman–Crippen LogP) is 3.64. The summed E-state index contributed by atoms with van der Waals surface area (Å²) >= 11 is 5.95. The van der Waals surface area contributed by atoms with Crippen LogP contribution in [0.25, 0.3) is 0 Å². The van der Waals surface area contributed by atoms with Gasteiger partial charge in [-0.05, 0) is 36.8 Å². The Balaban J connectivity index is 2.03. The molecule has 1 amide bonds. The maximum atomic E-state index is 12.4. The SMILES string of the molecule is CC(Oc1ccccc1C#N)C(=O)N(C)Cc1cccc(Cl)c1. The number of hydrogen-bond acceptors (Lipinski definition) is 3. The van der Waals surface area contributed by atoms with Crippen LogP contribution in [-0.4, -0.2) is 24.0 Å². The van der Waals surface area contributed by atoms with E-state index in [4.69, 9.17) is 21.6 Å². The van der Waals surface area contributed by atoms with E-state index < -0.39 is 6.10 Å². The van der Waals surface area contributed by atoms with Crippen LogP contribution in [-0.2, 0) is 11.3 Å². The second-order valence-electron chi connectivity index (χ2n) is 5.19. The Morgan fingerprint density at radius 2 is 2.04 bits per heavy atom. The average molecular weight is 329 g/mol. The highest BCUT2D eigenvalue weighted by molar-refractivity contribution is 6.30. The van der Waals surface area contributed by atoms with Crippen molar-refractivity contribution in [2.24, 2.45) is 0 Å². The van der Waals surface area contributed by atoms with Crippen molar-refractivity contribution >= 4 is 17.5 Å². The summed E-state index contributed by atoms with van der Waals surface area (Å²) in [4.78, 5) is 14.0. The Morgan fingerprint density at radius 1 is 1.30 bits per heavy atom. The summed E-state index contributed by atoms with van der Waals surface area (Å²) in [5, 5.41) is 9.70. The van der Waals surface area contributed by atoms with Gasteiger partial charge in [0, 0.05) is 18.6 Å². The zero-order valence-electron chi connectivity index (χ0n) is 13.0. The number of nitriles is 1. The smallest absolute Gasteiger partial charge is 0.263 e. The lowest BCUT2D eigenvalue weighted by Crippen LogP contribution is -2.37. The fraction of sp³-hybridized carbons (Fsp3) is 0.222. The van der Waals surface area contributed by atoms with E-state index in [9.17, 15) is 4.79 Å². The van der Waals surface area contributed by atoms with Crippen molar-refractivity contribution in [3.05, 3.63) is 64.7 Å². The fourth-order valence-electron chi connectivity index (χ4n) is 2.20. The molecule has 2 rings (SSSR count). The molecular weight excluding hydrogens is 312 g/mol. The van der Waals surface area contributed by atoms with Gasteiger partial charge >= 0.3 is 0 Å². The van der Waals surface area contributed by atoms with Crippen molar-refractivity contribution in [3.8, 4) is 11.8 Å². The van der Waals surface area contributed by atoms with Crippen LogP contribution in [0.1, 0.15) is 18.1 Å². The number of likely N-dealkylation sites (N-methyl/N-ethyl adjacent to an activating group) is 1. The molecule has 0 aliphatic rings. The van der Waals surface area contributed by atoms with Crippen molar-refractivity contribution in [1.29, 1.82) is 5.26 Å². The molecule has 2 aromatic carbocycles. The van der Waals surface area contributed by atoms with Gasteiger partial charge in [-0.2, -0.15) is 5.26 Å². The number of carbonyl (C=O) groups is 1. The highest BCUT2D eigenvalue weighted by atomic mass is 35.5. The van der Waals surface area contributed by atoms with E-state index in [1.54, 1.807) is 49.2 Å². The molecule has 0 radical (unpaired) electrons. The third-order valence-electron chi connectivity index (χ3n) is 3.34. The van der Waals surface area contributed by atoms with E-state index in [0.29, 0.717) is 22.9 Å². The van der Waals surface area contributed by atoms with Gasteiger partial charge in [0.15, 0.2) is 6.10 Å². The molecule has 118 valence electrons. The van der Waals surface area contributed by atoms with E-state index in [-0.39, 0.29) is 5.91 Å². The molecule has 0 heterocycles. The largest absolute Gasteiger partial charge is 0.480 e. The fourth-order valence-corrected chi connectivity index (χ4v) is 2.41. The zero-order chi connectivity index (χ0) is 16.8. The number of carbonyl (C=O) groups excluding carboxylic acids is 1. The van der Waals surface area contributed by atoms with Gasteiger partial charge in [-0.25, -0.2) is 0 Å². The van der Waals surface area contributed by atoms with Crippen molar-refractivity contribution < 1.29 is 9.53 Å². The molecule has 1 atom stereocenters. The van der Waals surface area contributed by atoms with E-state index in [1.165, 1.54) is 0 Å². The summed E-state index contributed by atoms with van der Waals surface area (Å²) in [6.07, 6.45) is -0.686. The number of nitrogens with zero attached hydrogens (tertiary/aromatic N) is 2. The summed E-state index contributed by atoms with van der Waals surface area (Å²) in [5.41, 5.74) is 1.35. The van der Waals surface area contributed by atoms with Gasteiger partial charge in [-0.1, -0.05) is 35.9 Å². The van der Waals surface area contributed by atoms with Gasteiger partial charge in [0.1, 0.15) is 11.8 Å². The van der Waals surface area contributed by atoms with E-state index in [2.05, 4.69) is 6.07 Å². The number of para-hydroxylation sites is 1. The first kappa shape index (κ1) is 16.9. The second kappa shape index (κ2) is 7.66. The van der Waals surface area contributed by atoms with Crippen LogP contribution in [0, 0.1) is 11.3 Å².